The Bertz CT molecular complexity index is 611. The van der Waals surface area contributed by atoms with Gasteiger partial charge in [0.15, 0.2) is 0 Å². The topological polar surface area (TPSA) is 61.9 Å². The lowest BCUT2D eigenvalue weighted by Crippen LogP contribution is -2.40. The highest BCUT2D eigenvalue weighted by Crippen LogP contribution is 2.26. The lowest BCUT2D eigenvalue weighted by atomic mass is 9.94. The quantitative estimate of drug-likeness (QED) is 0.853. The largest absolute Gasteiger partial charge is 0.342 e. The maximum absolute atomic E-state index is 12.5. The first-order chi connectivity index (χ1) is 10.8. The minimum absolute atomic E-state index is 0.183. The average molecular weight is 336 g/mol. The lowest BCUT2D eigenvalue weighted by molar-refractivity contribution is -0.131. The first-order valence-electron chi connectivity index (χ1n) is 7.60. The van der Waals surface area contributed by atoms with Crippen LogP contribution in [0, 0.1) is 0 Å². The van der Waals surface area contributed by atoms with Crippen LogP contribution in [0.3, 0.4) is 0 Å². The van der Waals surface area contributed by atoms with E-state index in [4.69, 9.17) is 0 Å². The Morgan fingerprint density at radius 2 is 2.50 bits per heavy atom. The second-order valence-electron chi connectivity index (χ2n) is 5.41. The van der Waals surface area contributed by atoms with Crippen molar-refractivity contribution >= 4 is 29.0 Å². The van der Waals surface area contributed by atoms with Gasteiger partial charge in [0.25, 0.3) is 0 Å². The Balaban J connectivity index is 1.59. The van der Waals surface area contributed by atoms with E-state index in [0.29, 0.717) is 12.3 Å². The second kappa shape index (κ2) is 7.28. The fourth-order valence-electron chi connectivity index (χ4n) is 2.78. The zero-order valence-corrected chi connectivity index (χ0v) is 14.3. The van der Waals surface area contributed by atoms with Crippen molar-refractivity contribution < 1.29 is 4.79 Å². The molecule has 0 aromatic carbocycles. The van der Waals surface area contributed by atoms with Gasteiger partial charge in [-0.3, -0.25) is 9.89 Å². The van der Waals surface area contributed by atoms with Crippen LogP contribution in [0.15, 0.2) is 22.0 Å². The molecule has 1 aliphatic heterocycles. The number of aromatic amines is 1. The van der Waals surface area contributed by atoms with Crippen molar-refractivity contribution in [3.8, 4) is 0 Å². The Labute approximate surface area is 138 Å². The number of nitrogens with zero attached hydrogens (tertiary/aromatic N) is 3. The highest BCUT2D eigenvalue weighted by Gasteiger charge is 2.25. The average Bonchev–Trinajstić information content (AvgIpc) is 3.20. The number of piperidine rings is 1. The Hall–Kier alpha value is -1.34. The molecule has 118 valence electrons. The van der Waals surface area contributed by atoms with Crippen LogP contribution in [0.4, 0.5) is 0 Å². The molecule has 0 bridgehead atoms. The molecular weight excluding hydrogens is 316 g/mol. The van der Waals surface area contributed by atoms with E-state index in [0.717, 1.165) is 47.4 Å². The molecule has 1 atom stereocenters. The molecule has 1 amide bonds. The lowest BCUT2D eigenvalue weighted by Gasteiger charge is -2.32. The molecule has 0 radical (unpaired) electrons. The maximum atomic E-state index is 12.5. The van der Waals surface area contributed by atoms with E-state index in [1.807, 2.05) is 16.3 Å². The van der Waals surface area contributed by atoms with Crippen LogP contribution in [0.2, 0.25) is 0 Å². The van der Waals surface area contributed by atoms with Crippen molar-refractivity contribution in [1.29, 1.82) is 0 Å². The fourth-order valence-corrected chi connectivity index (χ4v) is 4.52. The van der Waals surface area contributed by atoms with Gasteiger partial charge >= 0.3 is 0 Å². The SMILES string of the molecule is CCSc1nc(CC(=O)N2CCCC(c3ccn[nH]3)C2)cs1. The number of carbonyl (C=O) groups excluding carboxylic acids is 1. The molecule has 0 spiro atoms. The van der Waals surface area contributed by atoms with Gasteiger partial charge < -0.3 is 4.90 Å². The van der Waals surface area contributed by atoms with E-state index in [1.54, 1.807) is 29.3 Å². The zero-order chi connectivity index (χ0) is 15.4. The van der Waals surface area contributed by atoms with Crippen LogP contribution in [0.1, 0.15) is 37.1 Å². The summed E-state index contributed by atoms with van der Waals surface area (Å²) in [5, 5.41) is 9.05. The molecule has 1 fully saturated rings. The number of H-pyrrole nitrogens is 1. The maximum Gasteiger partial charge on any atom is 0.228 e. The molecule has 2 aromatic heterocycles. The van der Waals surface area contributed by atoms with Crippen LogP contribution >= 0.6 is 23.1 Å². The minimum Gasteiger partial charge on any atom is -0.342 e. The van der Waals surface area contributed by atoms with Crippen molar-refractivity contribution in [2.24, 2.45) is 0 Å². The van der Waals surface area contributed by atoms with E-state index >= 15 is 0 Å². The van der Waals surface area contributed by atoms with Gasteiger partial charge in [-0.1, -0.05) is 18.7 Å². The van der Waals surface area contributed by atoms with Gasteiger partial charge in [0, 0.05) is 36.3 Å². The van der Waals surface area contributed by atoms with Gasteiger partial charge in [0.05, 0.1) is 12.1 Å². The molecule has 1 unspecified atom stereocenters. The monoisotopic (exact) mass is 336 g/mol. The van der Waals surface area contributed by atoms with Crippen molar-refractivity contribution in [1.82, 2.24) is 20.1 Å². The molecule has 0 aliphatic carbocycles. The Kier molecular flexibility index (Phi) is 5.15. The number of rotatable bonds is 5. The van der Waals surface area contributed by atoms with Gasteiger partial charge in [0.2, 0.25) is 5.91 Å². The highest BCUT2D eigenvalue weighted by atomic mass is 32.2. The van der Waals surface area contributed by atoms with Crippen molar-refractivity contribution in [2.45, 2.75) is 36.4 Å². The summed E-state index contributed by atoms with van der Waals surface area (Å²) in [6.45, 7) is 3.74. The summed E-state index contributed by atoms with van der Waals surface area (Å²) in [5.74, 6) is 1.57. The molecule has 5 nitrogen and oxygen atoms in total. The van der Waals surface area contributed by atoms with E-state index < -0.39 is 0 Å². The molecule has 3 rings (SSSR count). The Morgan fingerprint density at radius 1 is 1.59 bits per heavy atom. The number of hydrogen-bond acceptors (Lipinski definition) is 5. The Morgan fingerprint density at radius 3 is 3.27 bits per heavy atom. The van der Waals surface area contributed by atoms with Crippen LogP contribution in [0.25, 0.3) is 0 Å². The van der Waals surface area contributed by atoms with Crippen molar-refractivity contribution in [3.05, 3.63) is 29.0 Å². The first kappa shape index (κ1) is 15.6. The molecule has 2 aromatic rings. The number of amides is 1. The number of nitrogens with one attached hydrogen (secondary N) is 1. The minimum atomic E-state index is 0.183. The molecule has 22 heavy (non-hydrogen) atoms. The number of carbonyl (C=O) groups is 1. The number of likely N-dealkylation sites (tertiary alicyclic amines) is 1. The van der Waals surface area contributed by atoms with Crippen LogP contribution in [-0.2, 0) is 11.2 Å². The normalized spacial score (nSPS) is 18.6. The number of hydrogen-bond donors (Lipinski definition) is 1. The van der Waals surface area contributed by atoms with Gasteiger partial charge in [-0.25, -0.2) is 4.98 Å². The van der Waals surface area contributed by atoms with E-state index in [9.17, 15) is 4.79 Å². The van der Waals surface area contributed by atoms with E-state index in [1.165, 1.54) is 0 Å². The molecule has 0 saturated carbocycles. The summed E-state index contributed by atoms with van der Waals surface area (Å²) in [6, 6.07) is 2.01. The zero-order valence-electron chi connectivity index (χ0n) is 12.6. The smallest absolute Gasteiger partial charge is 0.228 e. The van der Waals surface area contributed by atoms with Gasteiger partial charge in [-0.2, -0.15) is 5.10 Å². The second-order valence-corrected chi connectivity index (χ2v) is 7.77. The fraction of sp³-hybridized carbons (Fsp3) is 0.533. The highest BCUT2D eigenvalue weighted by molar-refractivity contribution is 8.00. The van der Waals surface area contributed by atoms with Crippen LogP contribution < -0.4 is 0 Å². The van der Waals surface area contributed by atoms with Crippen LogP contribution in [0.5, 0.6) is 0 Å². The van der Waals surface area contributed by atoms with Crippen molar-refractivity contribution in [2.75, 3.05) is 18.8 Å². The number of thioether (sulfide) groups is 1. The molecule has 7 heteroatoms. The summed E-state index contributed by atoms with van der Waals surface area (Å²) >= 11 is 3.36. The van der Waals surface area contributed by atoms with Gasteiger partial charge in [-0.15, -0.1) is 11.3 Å². The predicted molar refractivity (Wildman–Crippen MR) is 89.4 cm³/mol. The van der Waals surface area contributed by atoms with Gasteiger partial charge in [-0.05, 0) is 24.7 Å². The number of thiazole rings is 1. The predicted octanol–water partition coefficient (Wildman–Crippen LogP) is 2.93. The summed E-state index contributed by atoms with van der Waals surface area (Å²) < 4.78 is 1.05. The molecular formula is C15H20N4OS2. The van der Waals surface area contributed by atoms with Gasteiger partial charge in [0.1, 0.15) is 4.34 Å². The van der Waals surface area contributed by atoms with Crippen LogP contribution in [-0.4, -0.2) is 44.8 Å². The van der Waals surface area contributed by atoms with E-state index in [-0.39, 0.29) is 5.91 Å². The summed E-state index contributed by atoms with van der Waals surface area (Å²) in [5.41, 5.74) is 2.03. The third-order valence-corrected chi connectivity index (χ3v) is 5.82. The summed E-state index contributed by atoms with van der Waals surface area (Å²) in [7, 11) is 0. The molecule has 1 aliphatic rings. The number of aromatic nitrogens is 3. The van der Waals surface area contributed by atoms with E-state index in [2.05, 4.69) is 22.1 Å². The molecule has 1 saturated heterocycles. The molecule has 3 heterocycles. The third-order valence-electron chi connectivity index (χ3n) is 3.87. The standard InChI is InChI=1S/C15H20N4OS2/c1-2-21-15-17-12(10-22-15)8-14(20)19-7-3-4-11(9-19)13-5-6-16-18-13/h5-6,10-11H,2-4,7-9H2,1H3,(H,16,18). The van der Waals surface area contributed by atoms with Crippen molar-refractivity contribution in [3.63, 3.8) is 0 Å². The third kappa shape index (κ3) is 3.70. The summed E-state index contributed by atoms with van der Waals surface area (Å²) in [4.78, 5) is 19.0. The summed E-state index contributed by atoms with van der Waals surface area (Å²) in [6.07, 6.45) is 4.35. The first-order valence-corrected chi connectivity index (χ1v) is 9.47. The molecule has 1 N–H and O–H groups in total.